The number of rotatable bonds is 1. The molecule has 0 saturated heterocycles. The van der Waals surface area contributed by atoms with Gasteiger partial charge in [0, 0.05) is 5.56 Å². The number of amides is 1. The van der Waals surface area contributed by atoms with Crippen LogP contribution in [0.15, 0.2) is 0 Å². The molecule has 0 spiro atoms. The van der Waals surface area contributed by atoms with Crippen LogP contribution in [0, 0.1) is 0 Å². The normalized spacial score (nSPS) is 14.3. The molecule has 1 N–H and O–H groups in total. The summed E-state index contributed by atoms with van der Waals surface area (Å²) in [6, 6.07) is 0. The number of nitrogens with one attached hydrogen (secondary N) is 1. The Balaban J connectivity index is 2.18. The number of H-pyrrole nitrogens is 1. The fraction of sp³-hybridized carbons (Fsp3) is 0.556. The highest BCUT2D eigenvalue weighted by atomic mass is 16.5. The summed E-state index contributed by atoms with van der Waals surface area (Å²) in [6.45, 7) is 3.24. The van der Waals surface area contributed by atoms with Gasteiger partial charge in [-0.25, -0.2) is 4.79 Å². The van der Waals surface area contributed by atoms with Crippen molar-refractivity contribution in [2.75, 3.05) is 7.11 Å². The van der Waals surface area contributed by atoms with Crippen molar-refractivity contribution >= 4 is 6.09 Å². The zero-order valence-electron chi connectivity index (χ0n) is 8.33. The number of nitrogens with zero attached hydrogens (tertiary/aromatic N) is 2. The topological polar surface area (TPSA) is 58.2 Å². The lowest BCUT2D eigenvalue weighted by Gasteiger charge is -2.13. The quantitative estimate of drug-likeness (QED) is 0.728. The number of methoxy groups -OCH3 is 1. The number of aromatic amines is 1. The summed E-state index contributed by atoms with van der Waals surface area (Å²) in [4.78, 5) is 12.9. The highest BCUT2D eigenvalue weighted by molar-refractivity contribution is 5.68. The molecule has 0 aliphatic carbocycles. The van der Waals surface area contributed by atoms with E-state index < -0.39 is 0 Å². The molecule has 14 heavy (non-hydrogen) atoms. The molecule has 0 aromatic carbocycles. The zero-order chi connectivity index (χ0) is 10.1. The Labute approximate surface area is 82.0 Å². The first kappa shape index (κ1) is 9.05. The van der Waals surface area contributed by atoms with E-state index in [1.807, 2.05) is 0 Å². The molecule has 1 aromatic heterocycles. The largest absolute Gasteiger partial charge is 0.453 e. The Hall–Kier alpha value is -1.52. The first-order valence-electron chi connectivity index (χ1n) is 4.64. The van der Waals surface area contributed by atoms with Crippen LogP contribution in [0.1, 0.15) is 23.9 Å². The van der Waals surface area contributed by atoms with Gasteiger partial charge in [-0.1, -0.05) is 6.92 Å². The van der Waals surface area contributed by atoms with Crippen LogP contribution in [0.25, 0.3) is 0 Å². The van der Waals surface area contributed by atoms with Gasteiger partial charge in [0.1, 0.15) is 0 Å². The van der Waals surface area contributed by atoms with Gasteiger partial charge in [0.05, 0.1) is 31.6 Å². The number of hydrogen-bond acceptors (Lipinski definition) is 3. The first-order chi connectivity index (χ1) is 6.76. The summed E-state index contributed by atoms with van der Waals surface area (Å²) < 4.78 is 4.66. The van der Waals surface area contributed by atoms with Crippen LogP contribution in [-0.4, -0.2) is 28.3 Å². The Morgan fingerprint density at radius 3 is 3.07 bits per heavy atom. The van der Waals surface area contributed by atoms with Crippen molar-refractivity contribution in [1.29, 1.82) is 0 Å². The van der Waals surface area contributed by atoms with Crippen molar-refractivity contribution in [2.24, 2.45) is 0 Å². The fourth-order valence-corrected chi connectivity index (χ4v) is 1.75. The van der Waals surface area contributed by atoms with Crippen molar-refractivity contribution in [2.45, 2.75) is 26.4 Å². The van der Waals surface area contributed by atoms with E-state index in [1.165, 1.54) is 7.11 Å². The van der Waals surface area contributed by atoms with Gasteiger partial charge in [-0.05, 0) is 6.42 Å². The Kier molecular flexibility index (Phi) is 2.15. The smallest absolute Gasteiger partial charge is 0.410 e. The third-order valence-electron chi connectivity index (χ3n) is 2.50. The minimum Gasteiger partial charge on any atom is -0.453 e. The molecule has 0 atom stereocenters. The standard InChI is InChI=1S/C9H13N3O2/c1-3-7-6-4-12(9(13)14-2)5-8(6)11-10-7/h3-5H2,1-2H3,(H,10,11). The second-order valence-electron chi connectivity index (χ2n) is 3.31. The molecule has 0 bridgehead atoms. The predicted molar refractivity (Wildman–Crippen MR) is 49.6 cm³/mol. The molecular formula is C9H13N3O2. The Morgan fingerprint density at radius 2 is 2.43 bits per heavy atom. The summed E-state index contributed by atoms with van der Waals surface area (Å²) in [5.74, 6) is 0. The van der Waals surface area contributed by atoms with Crippen molar-refractivity contribution in [1.82, 2.24) is 15.1 Å². The third kappa shape index (κ3) is 1.25. The lowest BCUT2D eigenvalue weighted by molar-refractivity contribution is 0.122. The minimum absolute atomic E-state index is 0.281. The van der Waals surface area contributed by atoms with Crippen LogP contribution in [-0.2, 0) is 24.2 Å². The minimum atomic E-state index is -0.281. The van der Waals surface area contributed by atoms with Crippen LogP contribution in [0.2, 0.25) is 0 Å². The number of aryl methyl sites for hydroxylation is 1. The summed E-state index contributed by atoms with van der Waals surface area (Å²) in [6.07, 6.45) is 0.609. The highest BCUT2D eigenvalue weighted by Crippen LogP contribution is 2.24. The van der Waals surface area contributed by atoms with E-state index in [0.29, 0.717) is 13.1 Å². The van der Waals surface area contributed by atoms with Crippen molar-refractivity contribution < 1.29 is 9.53 Å². The van der Waals surface area contributed by atoms with Gasteiger partial charge in [0.15, 0.2) is 0 Å². The van der Waals surface area contributed by atoms with Gasteiger partial charge < -0.3 is 4.74 Å². The molecule has 0 saturated carbocycles. The molecule has 0 radical (unpaired) electrons. The van der Waals surface area contributed by atoms with Gasteiger partial charge in [-0.15, -0.1) is 0 Å². The summed E-state index contributed by atoms with van der Waals surface area (Å²) in [5.41, 5.74) is 3.23. The highest BCUT2D eigenvalue weighted by Gasteiger charge is 2.27. The lowest BCUT2D eigenvalue weighted by Crippen LogP contribution is -2.25. The molecule has 1 aromatic rings. The average molecular weight is 195 g/mol. The van der Waals surface area contributed by atoms with Crippen LogP contribution in [0.3, 0.4) is 0 Å². The molecule has 1 aliphatic heterocycles. The van der Waals surface area contributed by atoms with Crippen molar-refractivity contribution in [3.8, 4) is 0 Å². The van der Waals surface area contributed by atoms with Gasteiger partial charge in [-0.3, -0.25) is 10.00 Å². The van der Waals surface area contributed by atoms with E-state index in [1.54, 1.807) is 4.90 Å². The van der Waals surface area contributed by atoms with Crippen molar-refractivity contribution in [3.63, 3.8) is 0 Å². The molecular weight excluding hydrogens is 182 g/mol. The number of aromatic nitrogens is 2. The van der Waals surface area contributed by atoms with Gasteiger partial charge in [0.2, 0.25) is 0 Å². The number of carbonyl (C=O) groups excluding carboxylic acids is 1. The molecule has 76 valence electrons. The van der Waals surface area contributed by atoms with Crippen LogP contribution < -0.4 is 0 Å². The van der Waals surface area contributed by atoms with Crippen LogP contribution >= 0.6 is 0 Å². The third-order valence-corrected chi connectivity index (χ3v) is 2.50. The monoisotopic (exact) mass is 195 g/mol. The molecule has 2 rings (SSSR count). The van der Waals surface area contributed by atoms with Gasteiger partial charge in [-0.2, -0.15) is 5.10 Å². The second kappa shape index (κ2) is 3.32. The van der Waals surface area contributed by atoms with E-state index in [-0.39, 0.29) is 6.09 Å². The van der Waals surface area contributed by atoms with E-state index >= 15 is 0 Å². The maximum atomic E-state index is 11.2. The van der Waals surface area contributed by atoms with Gasteiger partial charge >= 0.3 is 6.09 Å². The Bertz CT molecular complexity index is 359. The molecule has 5 heteroatoms. The van der Waals surface area contributed by atoms with Gasteiger partial charge in [0.25, 0.3) is 0 Å². The number of hydrogen-bond donors (Lipinski definition) is 1. The molecule has 5 nitrogen and oxygen atoms in total. The van der Waals surface area contributed by atoms with Crippen LogP contribution in [0.5, 0.6) is 0 Å². The lowest BCUT2D eigenvalue weighted by atomic mass is 10.2. The zero-order valence-corrected chi connectivity index (χ0v) is 8.33. The second-order valence-corrected chi connectivity index (χ2v) is 3.31. The van der Waals surface area contributed by atoms with E-state index in [2.05, 4.69) is 21.9 Å². The number of ether oxygens (including phenoxy) is 1. The first-order valence-corrected chi connectivity index (χ1v) is 4.64. The molecule has 1 aliphatic rings. The average Bonchev–Trinajstić information content (AvgIpc) is 2.74. The number of fused-ring (bicyclic) bond motifs is 1. The van der Waals surface area contributed by atoms with Crippen LogP contribution in [0.4, 0.5) is 4.79 Å². The van der Waals surface area contributed by atoms with E-state index in [4.69, 9.17) is 0 Å². The maximum absolute atomic E-state index is 11.2. The summed E-state index contributed by atoms with van der Waals surface area (Å²) in [5, 5.41) is 7.12. The summed E-state index contributed by atoms with van der Waals surface area (Å²) in [7, 11) is 1.40. The SMILES string of the molecule is CCc1n[nH]c2c1CN(C(=O)OC)C2. The number of carbonyl (C=O) groups is 1. The molecule has 0 fully saturated rings. The van der Waals surface area contributed by atoms with Crippen molar-refractivity contribution in [3.05, 3.63) is 17.0 Å². The van der Waals surface area contributed by atoms with E-state index in [0.717, 1.165) is 23.4 Å². The fourth-order valence-electron chi connectivity index (χ4n) is 1.75. The predicted octanol–water partition coefficient (Wildman–Crippen LogP) is 1.05. The maximum Gasteiger partial charge on any atom is 0.410 e. The molecule has 1 amide bonds. The molecule has 0 unspecified atom stereocenters. The Morgan fingerprint density at radius 1 is 1.64 bits per heavy atom. The van der Waals surface area contributed by atoms with E-state index in [9.17, 15) is 4.79 Å². The molecule has 2 heterocycles. The summed E-state index contributed by atoms with van der Waals surface area (Å²) >= 11 is 0.